The van der Waals surface area contributed by atoms with E-state index in [0.29, 0.717) is 22.8 Å². The summed E-state index contributed by atoms with van der Waals surface area (Å²) in [7, 11) is 0. The normalized spacial score (nSPS) is 14.1. The van der Waals surface area contributed by atoms with E-state index in [2.05, 4.69) is 4.98 Å². The zero-order valence-corrected chi connectivity index (χ0v) is 12.5. The number of hydrogen-bond acceptors (Lipinski definition) is 4. The van der Waals surface area contributed by atoms with Crippen molar-refractivity contribution in [1.29, 1.82) is 0 Å². The number of nitrogens with zero attached hydrogens (tertiary/aromatic N) is 2. The third-order valence-corrected chi connectivity index (χ3v) is 4.59. The molecule has 0 radical (unpaired) electrons. The van der Waals surface area contributed by atoms with Gasteiger partial charge < -0.3 is 0 Å². The summed E-state index contributed by atoms with van der Waals surface area (Å²) < 4.78 is 0. The first kappa shape index (κ1) is 13.3. The molecule has 0 saturated carbocycles. The highest BCUT2D eigenvalue weighted by molar-refractivity contribution is 7.11. The van der Waals surface area contributed by atoms with Gasteiger partial charge in [0.05, 0.1) is 23.5 Å². The molecule has 0 spiro atoms. The molecule has 1 aromatic heterocycles. The number of rotatable bonds is 2. The van der Waals surface area contributed by atoms with Crippen LogP contribution in [0.3, 0.4) is 0 Å². The largest absolute Gasteiger partial charge is 0.299 e. The molecule has 0 atom stereocenters. The number of thiazole rings is 1. The molecule has 0 bridgehead atoms. The minimum Gasteiger partial charge on any atom is -0.298 e. The number of aromatic nitrogens is 1. The van der Waals surface area contributed by atoms with E-state index in [0.717, 1.165) is 15.6 Å². The van der Waals surface area contributed by atoms with Crippen molar-refractivity contribution in [2.75, 3.05) is 4.90 Å². The lowest BCUT2D eigenvalue weighted by atomic mass is 10.1. The number of hydrogen-bond donors (Lipinski definition) is 0. The fourth-order valence-electron chi connectivity index (χ4n) is 2.17. The van der Waals surface area contributed by atoms with Crippen LogP contribution in [0.15, 0.2) is 18.2 Å². The predicted octanol–water partition coefficient (Wildman–Crippen LogP) is 3.14. The van der Waals surface area contributed by atoms with Crippen LogP contribution in [0.5, 0.6) is 0 Å². The third-order valence-electron chi connectivity index (χ3n) is 3.30. The quantitative estimate of drug-likeness (QED) is 0.801. The molecule has 2 aromatic rings. The lowest BCUT2D eigenvalue weighted by Gasteiger charge is -2.14. The Hall–Kier alpha value is -1.72. The van der Waals surface area contributed by atoms with Gasteiger partial charge in [-0.1, -0.05) is 11.6 Å². The van der Waals surface area contributed by atoms with E-state index >= 15 is 0 Å². The van der Waals surface area contributed by atoms with Crippen molar-refractivity contribution in [3.63, 3.8) is 0 Å². The number of Topliss-reactive ketones (excluding diaryl/α,β-unsaturated/α-hetero) is 1. The van der Waals surface area contributed by atoms with Crippen LogP contribution in [-0.4, -0.2) is 16.7 Å². The minimum absolute atomic E-state index is 0.318. The van der Waals surface area contributed by atoms with Gasteiger partial charge in [0.1, 0.15) is 5.01 Å². The monoisotopic (exact) mass is 306 g/mol. The maximum atomic E-state index is 12.1. The van der Waals surface area contributed by atoms with Crippen LogP contribution in [0.2, 0.25) is 5.02 Å². The first-order valence-electron chi connectivity index (χ1n) is 6.06. The van der Waals surface area contributed by atoms with Gasteiger partial charge in [-0.05, 0) is 32.0 Å². The summed E-state index contributed by atoms with van der Waals surface area (Å²) >= 11 is 7.42. The van der Waals surface area contributed by atoms with Gasteiger partial charge in [-0.2, -0.15) is 0 Å². The number of fused-ring (bicyclic) bond motifs is 1. The van der Waals surface area contributed by atoms with Crippen molar-refractivity contribution in [3.05, 3.63) is 44.4 Å². The van der Waals surface area contributed by atoms with Gasteiger partial charge in [0.15, 0.2) is 0 Å². The van der Waals surface area contributed by atoms with Gasteiger partial charge in [0.2, 0.25) is 0 Å². The number of amides is 1. The van der Waals surface area contributed by atoms with Crippen molar-refractivity contribution in [1.82, 2.24) is 4.98 Å². The van der Waals surface area contributed by atoms with Crippen molar-refractivity contribution in [2.24, 2.45) is 0 Å². The number of aryl methyl sites for hydroxylation is 2. The molecule has 1 aliphatic rings. The van der Waals surface area contributed by atoms with Crippen LogP contribution >= 0.6 is 22.9 Å². The third kappa shape index (κ3) is 2.03. The predicted molar refractivity (Wildman–Crippen MR) is 78.6 cm³/mol. The van der Waals surface area contributed by atoms with E-state index in [-0.39, 0.29) is 0 Å². The Kier molecular flexibility index (Phi) is 3.11. The zero-order chi connectivity index (χ0) is 14.4. The number of ketones is 1. The average Bonchev–Trinajstić information content (AvgIpc) is 2.83. The highest BCUT2D eigenvalue weighted by Gasteiger charge is 2.36. The Bertz CT molecular complexity index is 719. The molecule has 0 N–H and O–H groups in total. The number of halogens is 1. The smallest absolute Gasteiger partial charge is 0.298 e. The second-order valence-corrected chi connectivity index (χ2v) is 6.36. The van der Waals surface area contributed by atoms with E-state index in [4.69, 9.17) is 11.6 Å². The maximum Gasteiger partial charge on any atom is 0.299 e. The van der Waals surface area contributed by atoms with Gasteiger partial charge in [0, 0.05) is 9.90 Å². The number of carbonyl (C=O) groups is 2. The first-order valence-corrected chi connectivity index (χ1v) is 7.25. The number of carbonyl (C=O) groups excluding carboxylic acids is 2. The highest BCUT2D eigenvalue weighted by atomic mass is 35.5. The molecule has 0 saturated heterocycles. The van der Waals surface area contributed by atoms with Crippen LogP contribution in [0, 0.1) is 13.8 Å². The Balaban J connectivity index is 1.99. The summed E-state index contributed by atoms with van der Waals surface area (Å²) in [6, 6.07) is 4.92. The van der Waals surface area contributed by atoms with Crippen LogP contribution in [-0.2, 0) is 11.3 Å². The van der Waals surface area contributed by atoms with Crippen LogP contribution in [0.1, 0.15) is 25.9 Å². The second kappa shape index (κ2) is 4.68. The molecule has 3 rings (SSSR count). The lowest BCUT2D eigenvalue weighted by molar-refractivity contribution is -0.114. The fraction of sp³-hybridized carbons (Fsp3) is 0.214. The topological polar surface area (TPSA) is 50.3 Å². The highest BCUT2D eigenvalue weighted by Crippen LogP contribution is 2.33. The lowest BCUT2D eigenvalue weighted by Crippen LogP contribution is -2.29. The number of benzene rings is 1. The molecule has 1 aromatic carbocycles. The standard InChI is InChI=1S/C14H11ClN2O2S/c1-7-8(2)20-12(16-7)6-17-11-4-3-9(15)5-10(11)13(18)14(17)19/h3-5H,6H2,1-2H3. The SMILES string of the molecule is Cc1nc(CN2C(=O)C(=O)c3cc(Cl)ccc32)sc1C. The molecule has 0 unspecified atom stereocenters. The van der Waals surface area contributed by atoms with E-state index in [1.807, 2.05) is 13.8 Å². The van der Waals surface area contributed by atoms with Gasteiger partial charge in [-0.25, -0.2) is 4.98 Å². The summed E-state index contributed by atoms with van der Waals surface area (Å²) in [4.78, 5) is 31.0. The molecule has 20 heavy (non-hydrogen) atoms. The Morgan fingerprint density at radius 2 is 2.05 bits per heavy atom. The van der Waals surface area contributed by atoms with Gasteiger partial charge in [-0.15, -0.1) is 11.3 Å². The first-order chi connectivity index (χ1) is 9.47. The van der Waals surface area contributed by atoms with Crippen molar-refractivity contribution in [2.45, 2.75) is 20.4 Å². The molecular weight excluding hydrogens is 296 g/mol. The molecule has 0 fully saturated rings. The molecule has 4 nitrogen and oxygen atoms in total. The summed E-state index contributed by atoms with van der Waals surface area (Å²) in [6.45, 7) is 4.24. The molecule has 6 heteroatoms. The molecular formula is C14H11ClN2O2S. The Morgan fingerprint density at radius 1 is 1.30 bits per heavy atom. The minimum atomic E-state index is -0.521. The molecule has 1 amide bonds. The van der Waals surface area contributed by atoms with Gasteiger partial charge in [-0.3, -0.25) is 14.5 Å². The molecule has 1 aliphatic heterocycles. The van der Waals surface area contributed by atoms with E-state index < -0.39 is 11.7 Å². The molecule has 102 valence electrons. The van der Waals surface area contributed by atoms with Gasteiger partial charge >= 0.3 is 0 Å². The molecule has 0 aliphatic carbocycles. The Labute approximate surface area is 125 Å². The van der Waals surface area contributed by atoms with Crippen LogP contribution in [0.4, 0.5) is 5.69 Å². The van der Waals surface area contributed by atoms with E-state index in [1.165, 1.54) is 22.3 Å². The molecule has 2 heterocycles. The van der Waals surface area contributed by atoms with Gasteiger partial charge in [0.25, 0.3) is 11.7 Å². The maximum absolute atomic E-state index is 12.1. The zero-order valence-electron chi connectivity index (χ0n) is 10.9. The summed E-state index contributed by atoms with van der Waals surface area (Å²) in [5, 5.41) is 1.27. The van der Waals surface area contributed by atoms with Crippen molar-refractivity contribution >= 4 is 40.3 Å². The van der Waals surface area contributed by atoms with Crippen LogP contribution < -0.4 is 4.90 Å². The fourth-order valence-corrected chi connectivity index (χ4v) is 3.27. The summed E-state index contributed by atoms with van der Waals surface area (Å²) in [6.07, 6.45) is 0. The summed E-state index contributed by atoms with van der Waals surface area (Å²) in [5.74, 6) is -1.03. The van der Waals surface area contributed by atoms with Crippen molar-refractivity contribution in [3.8, 4) is 0 Å². The number of anilines is 1. The van der Waals surface area contributed by atoms with Crippen LogP contribution in [0.25, 0.3) is 0 Å². The van der Waals surface area contributed by atoms with E-state index in [9.17, 15) is 9.59 Å². The Morgan fingerprint density at radius 3 is 2.70 bits per heavy atom. The summed E-state index contributed by atoms with van der Waals surface area (Å²) in [5.41, 5.74) is 1.93. The van der Waals surface area contributed by atoms with E-state index in [1.54, 1.807) is 12.1 Å². The average molecular weight is 307 g/mol. The second-order valence-electron chi connectivity index (χ2n) is 4.63. The van der Waals surface area contributed by atoms with Crippen molar-refractivity contribution < 1.29 is 9.59 Å².